The Balaban J connectivity index is 1.86. The molecule has 2 aromatic carbocycles. The summed E-state index contributed by atoms with van der Waals surface area (Å²) in [6.45, 7) is 2.32. The standard InChI is InChI=1S/C26H28N6O4/c1-3-4-15-30-23(27)22(24(33)28-26(30)35)31(16-18-11-7-5-8-12-18)25(34)21-20(36-2)17-32(29-21)19-13-9-6-10-14-19/h5-14,17H,3-4,15-16,27H2,1-2H3,(H,28,33,35). The number of nitrogens with two attached hydrogens (primary N) is 1. The second-order valence-electron chi connectivity index (χ2n) is 8.20. The van der Waals surface area contributed by atoms with Gasteiger partial charge in [0.15, 0.2) is 17.1 Å². The Morgan fingerprint density at radius 3 is 2.39 bits per heavy atom. The van der Waals surface area contributed by atoms with E-state index in [-0.39, 0.29) is 29.5 Å². The van der Waals surface area contributed by atoms with Crippen molar-refractivity contribution < 1.29 is 9.53 Å². The number of para-hydroxylation sites is 1. The van der Waals surface area contributed by atoms with Gasteiger partial charge in [0, 0.05) is 6.54 Å². The van der Waals surface area contributed by atoms with Crippen molar-refractivity contribution in [2.24, 2.45) is 0 Å². The predicted octanol–water partition coefficient (Wildman–Crippen LogP) is 2.96. The Labute approximate surface area is 207 Å². The highest BCUT2D eigenvalue weighted by atomic mass is 16.5. The van der Waals surface area contributed by atoms with Crippen LogP contribution in [0.1, 0.15) is 35.8 Å². The molecule has 0 atom stereocenters. The van der Waals surface area contributed by atoms with E-state index in [1.807, 2.05) is 67.6 Å². The number of anilines is 2. The summed E-state index contributed by atoms with van der Waals surface area (Å²) in [5.41, 5.74) is 6.36. The number of unbranched alkanes of at least 4 members (excludes halogenated alkanes) is 1. The lowest BCUT2D eigenvalue weighted by Gasteiger charge is -2.24. The van der Waals surface area contributed by atoms with Crippen LogP contribution in [0.3, 0.4) is 0 Å². The highest BCUT2D eigenvalue weighted by Crippen LogP contribution is 2.26. The number of aromatic amines is 1. The first-order valence-electron chi connectivity index (χ1n) is 11.6. The van der Waals surface area contributed by atoms with Crippen LogP contribution in [-0.4, -0.2) is 32.3 Å². The minimum absolute atomic E-state index is 0.00222. The normalized spacial score (nSPS) is 10.8. The number of nitrogen functional groups attached to an aromatic ring is 1. The van der Waals surface area contributed by atoms with Crippen LogP contribution < -0.4 is 26.6 Å². The summed E-state index contributed by atoms with van der Waals surface area (Å²) in [5, 5.41) is 4.47. The number of carbonyl (C=O) groups is 1. The number of H-pyrrole nitrogens is 1. The van der Waals surface area contributed by atoms with Crippen molar-refractivity contribution in [1.29, 1.82) is 0 Å². The molecule has 0 aliphatic rings. The maximum Gasteiger partial charge on any atom is 0.330 e. The van der Waals surface area contributed by atoms with Gasteiger partial charge in [-0.2, -0.15) is 5.10 Å². The first-order valence-corrected chi connectivity index (χ1v) is 11.6. The van der Waals surface area contributed by atoms with Crippen molar-refractivity contribution in [1.82, 2.24) is 19.3 Å². The summed E-state index contributed by atoms with van der Waals surface area (Å²) in [6.07, 6.45) is 3.09. The number of nitrogens with one attached hydrogen (secondary N) is 1. The summed E-state index contributed by atoms with van der Waals surface area (Å²) < 4.78 is 8.27. The van der Waals surface area contributed by atoms with Crippen molar-refractivity contribution in [2.45, 2.75) is 32.9 Å². The van der Waals surface area contributed by atoms with Gasteiger partial charge in [-0.1, -0.05) is 61.9 Å². The number of ether oxygens (including phenoxy) is 1. The Hall–Kier alpha value is -4.60. The molecule has 3 N–H and O–H groups in total. The third-order valence-electron chi connectivity index (χ3n) is 5.77. The van der Waals surface area contributed by atoms with Crippen molar-refractivity contribution >= 4 is 17.4 Å². The van der Waals surface area contributed by atoms with Crippen LogP contribution in [0.25, 0.3) is 5.69 Å². The van der Waals surface area contributed by atoms with Crippen LogP contribution in [0.2, 0.25) is 0 Å². The molecule has 10 nitrogen and oxygen atoms in total. The van der Waals surface area contributed by atoms with Gasteiger partial charge in [-0.3, -0.25) is 24.0 Å². The molecule has 0 saturated carbocycles. The van der Waals surface area contributed by atoms with E-state index < -0.39 is 17.2 Å². The molecule has 1 amide bonds. The molecule has 4 aromatic rings. The van der Waals surface area contributed by atoms with E-state index in [0.717, 1.165) is 17.7 Å². The molecule has 4 rings (SSSR count). The molecule has 36 heavy (non-hydrogen) atoms. The second-order valence-corrected chi connectivity index (χ2v) is 8.20. The van der Waals surface area contributed by atoms with Gasteiger partial charge in [-0.05, 0) is 24.1 Å². The Bertz CT molecular complexity index is 1460. The molecule has 0 unspecified atom stereocenters. The van der Waals surface area contributed by atoms with Crippen LogP contribution in [0.4, 0.5) is 11.5 Å². The minimum atomic E-state index is -0.754. The van der Waals surface area contributed by atoms with Crippen LogP contribution in [0.5, 0.6) is 5.75 Å². The van der Waals surface area contributed by atoms with E-state index in [0.29, 0.717) is 13.0 Å². The Morgan fingerprint density at radius 2 is 1.75 bits per heavy atom. The molecule has 186 valence electrons. The Kier molecular flexibility index (Phi) is 7.33. The molecule has 0 aliphatic carbocycles. The summed E-state index contributed by atoms with van der Waals surface area (Å²) >= 11 is 0. The van der Waals surface area contributed by atoms with Gasteiger partial charge >= 0.3 is 5.69 Å². The predicted molar refractivity (Wildman–Crippen MR) is 138 cm³/mol. The third kappa shape index (κ3) is 4.92. The number of carbonyl (C=O) groups excluding carboxylic acids is 1. The maximum absolute atomic E-state index is 14.0. The fraction of sp³-hybridized carbons (Fsp3) is 0.231. The molecule has 0 saturated heterocycles. The zero-order valence-electron chi connectivity index (χ0n) is 20.2. The first-order chi connectivity index (χ1) is 17.4. The molecule has 10 heteroatoms. The minimum Gasteiger partial charge on any atom is -0.493 e. The molecular formula is C26H28N6O4. The number of amides is 1. The van der Waals surface area contributed by atoms with Gasteiger partial charge in [0.1, 0.15) is 5.82 Å². The van der Waals surface area contributed by atoms with Crippen molar-refractivity contribution in [2.75, 3.05) is 17.7 Å². The zero-order valence-corrected chi connectivity index (χ0v) is 20.2. The molecule has 0 radical (unpaired) electrons. The largest absolute Gasteiger partial charge is 0.493 e. The van der Waals surface area contributed by atoms with E-state index in [9.17, 15) is 14.4 Å². The number of benzene rings is 2. The SMILES string of the molecule is CCCCn1c(N)c(N(Cc2ccccc2)C(=O)c2nn(-c3ccccc3)cc2OC)c(=O)[nH]c1=O. The molecule has 0 aliphatic heterocycles. The second kappa shape index (κ2) is 10.8. The van der Waals surface area contributed by atoms with E-state index in [4.69, 9.17) is 10.5 Å². The highest BCUT2D eigenvalue weighted by molar-refractivity contribution is 6.07. The van der Waals surface area contributed by atoms with Crippen LogP contribution >= 0.6 is 0 Å². The molecule has 0 bridgehead atoms. The third-order valence-corrected chi connectivity index (χ3v) is 5.77. The van der Waals surface area contributed by atoms with Gasteiger partial charge in [0.2, 0.25) is 0 Å². The van der Waals surface area contributed by atoms with Crippen LogP contribution in [0.15, 0.2) is 76.4 Å². The fourth-order valence-corrected chi connectivity index (χ4v) is 3.89. The topological polar surface area (TPSA) is 128 Å². The smallest absolute Gasteiger partial charge is 0.330 e. The number of methoxy groups -OCH3 is 1. The molecule has 0 spiro atoms. The average Bonchev–Trinajstić information content (AvgIpc) is 3.33. The van der Waals surface area contributed by atoms with Crippen LogP contribution in [-0.2, 0) is 13.1 Å². The van der Waals surface area contributed by atoms with Gasteiger partial charge in [0.05, 0.1) is 25.5 Å². The first kappa shape index (κ1) is 24.5. The van der Waals surface area contributed by atoms with Crippen LogP contribution in [0, 0.1) is 0 Å². The molecule has 2 heterocycles. The molecular weight excluding hydrogens is 460 g/mol. The summed E-state index contributed by atoms with van der Waals surface area (Å²) in [5.74, 6) is -0.442. The lowest BCUT2D eigenvalue weighted by molar-refractivity contribution is 0.0976. The number of aromatic nitrogens is 4. The summed E-state index contributed by atoms with van der Waals surface area (Å²) in [6, 6.07) is 18.4. The lowest BCUT2D eigenvalue weighted by Crippen LogP contribution is -2.41. The highest BCUT2D eigenvalue weighted by Gasteiger charge is 2.30. The lowest BCUT2D eigenvalue weighted by atomic mass is 10.2. The van der Waals surface area contributed by atoms with Crippen molar-refractivity contribution in [3.05, 3.63) is 99.0 Å². The zero-order chi connectivity index (χ0) is 25.7. The van der Waals surface area contributed by atoms with Gasteiger partial charge in [-0.15, -0.1) is 0 Å². The number of nitrogens with zero attached hydrogens (tertiary/aromatic N) is 4. The number of rotatable bonds is 9. The van der Waals surface area contributed by atoms with Gasteiger partial charge in [-0.25, -0.2) is 9.48 Å². The van der Waals surface area contributed by atoms with E-state index in [1.165, 1.54) is 21.3 Å². The summed E-state index contributed by atoms with van der Waals surface area (Å²) in [7, 11) is 1.44. The number of hydrogen-bond donors (Lipinski definition) is 2. The Morgan fingerprint density at radius 1 is 1.08 bits per heavy atom. The van der Waals surface area contributed by atoms with Gasteiger partial charge in [0.25, 0.3) is 11.5 Å². The van der Waals surface area contributed by atoms with E-state index >= 15 is 0 Å². The van der Waals surface area contributed by atoms with E-state index in [1.54, 1.807) is 6.20 Å². The average molecular weight is 489 g/mol. The molecule has 2 aromatic heterocycles. The number of hydrogen-bond acceptors (Lipinski definition) is 6. The van der Waals surface area contributed by atoms with Gasteiger partial charge < -0.3 is 10.5 Å². The fourth-order valence-electron chi connectivity index (χ4n) is 3.89. The monoisotopic (exact) mass is 488 g/mol. The quantitative estimate of drug-likeness (QED) is 0.373. The van der Waals surface area contributed by atoms with Crippen molar-refractivity contribution in [3.8, 4) is 11.4 Å². The summed E-state index contributed by atoms with van der Waals surface area (Å²) in [4.78, 5) is 43.0. The van der Waals surface area contributed by atoms with E-state index in [2.05, 4.69) is 10.1 Å². The van der Waals surface area contributed by atoms with Crippen molar-refractivity contribution in [3.63, 3.8) is 0 Å². The molecule has 0 fully saturated rings. The maximum atomic E-state index is 14.0.